The molecule has 0 aliphatic heterocycles. The minimum Gasteiger partial charge on any atom is -0.356 e. The van der Waals surface area contributed by atoms with Crippen LogP contribution in [0.1, 0.15) is 32.1 Å². The first-order valence-corrected chi connectivity index (χ1v) is 5.18. The van der Waals surface area contributed by atoms with Crippen molar-refractivity contribution in [3.05, 3.63) is 24.8 Å². The highest BCUT2D eigenvalue weighted by Crippen LogP contribution is 2.08. The Morgan fingerprint density at radius 3 is 2.43 bits per heavy atom. The van der Waals surface area contributed by atoms with Crippen LogP contribution in [0, 0.1) is 0 Å². The van der Waals surface area contributed by atoms with E-state index in [1.54, 1.807) is 14.2 Å². The molecule has 14 heavy (non-hydrogen) atoms. The van der Waals surface area contributed by atoms with Crippen LogP contribution < -0.4 is 0 Å². The van der Waals surface area contributed by atoms with Crippen molar-refractivity contribution in [2.45, 2.75) is 38.4 Å². The maximum atomic E-state index is 5.10. The Hall–Kier alpha value is -0.600. The van der Waals surface area contributed by atoms with Crippen LogP contribution >= 0.6 is 0 Å². The Bertz CT molecular complexity index is 148. The summed E-state index contributed by atoms with van der Waals surface area (Å²) in [5.74, 6) is 0. The SMILES string of the molecule is C=C/C=C\CCCCCC(OC)OC. The highest BCUT2D eigenvalue weighted by Gasteiger charge is 2.02. The van der Waals surface area contributed by atoms with Gasteiger partial charge in [0, 0.05) is 14.2 Å². The first kappa shape index (κ1) is 13.4. The molecule has 82 valence electrons. The second-order valence-electron chi connectivity index (χ2n) is 3.20. The molecule has 0 amide bonds. The summed E-state index contributed by atoms with van der Waals surface area (Å²) < 4.78 is 10.2. The molecule has 0 atom stereocenters. The molecule has 0 N–H and O–H groups in total. The average molecular weight is 198 g/mol. The lowest BCUT2D eigenvalue weighted by Gasteiger charge is -2.12. The first-order chi connectivity index (χ1) is 6.85. The summed E-state index contributed by atoms with van der Waals surface area (Å²) in [6, 6.07) is 0. The Morgan fingerprint density at radius 1 is 1.14 bits per heavy atom. The van der Waals surface area contributed by atoms with E-state index >= 15 is 0 Å². The van der Waals surface area contributed by atoms with Gasteiger partial charge in [0.25, 0.3) is 0 Å². The van der Waals surface area contributed by atoms with Gasteiger partial charge in [-0.25, -0.2) is 0 Å². The van der Waals surface area contributed by atoms with Gasteiger partial charge in [0.2, 0.25) is 0 Å². The van der Waals surface area contributed by atoms with Gasteiger partial charge < -0.3 is 9.47 Å². The molecule has 0 bridgehead atoms. The largest absolute Gasteiger partial charge is 0.356 e. The summed E-state index contributed by atoms with van der Waals surface area (Å²) in [4.78, 5) is 0. The minimum atomic E-state index is -0.0290. The number of unbranched alkanes of at least 4 members (excludes halogenated alkanes) is 3. The monoisotopic (exact) mass is 198 g/mol. The Morgan fingerprint density at radius 2 is 1.86 bits per heavy atom. The van der Waals surface area contributed by atoms with E-state index in [1.165, 1.54) is 12.8 Å². The molecule has 0 aliphatic rings. The van der Waals surface area contributed by atoms with Crippen LogP contribution in [0.3, 0.4) is 0 Å². The summed E-state index contributed by atoms with van der Waals surface area (Å²) >= 11 is 0. The predicted molar refractivity (Wildman–Crippen MR) is 60.2 cm³/mol. The molecule has 0 saturated heterocycles. The number of methoxy groups -OCH3 is 2. The molecule has 0 aromatic carbocycles. The molecule has 0 aromatic heterocycles. The molecule has 0 rings (SSSR count). The third-order valence-corrected chi connectivity index (χ3v) is 2.11. The lowest BCUT2D eigenvalue weighted by Crippen LogP contribution is -2.12. The molecule has 0 spiro atoms. The smallest absolute Gasteiger partial charge is 0.156 e. The number of hydrogen-bond donors (Lipinski definition) is 0. The Balaban J connectivity index is 3.20. The minimum absolute atomic E-state index is 0.0290. The molecule has 2 heteroatoms. The van der Waals surface area contributed by atoms with Gasteiger partial charge in [0.15, 0.2) is 6.29 Å². The topological polar surface area (TPSA) is 18.5 Å². The fourth-order valence-corrected chi connectivity index (χ4v) is 1.27. The molecule has 0 radical (unpaired) electrons. The van der Waals surface area contributed by atoms with E-state index in [2.05, 4.69) is 12.7 Å². The van der Waals surface area contributed by atoms with E-state index in [0.717, 1.165) is 19.3 Å². The zero-order chi connectivity index (χ0) is 10.6. The fraction of sp³-hybridized carbons (Fsp3) is 0.667. The highest BCUT2D eigenvalue weighted by molar-refractivity contribution is 4.96. The van der Waals surface area contributed by atoms with E-state index in [9.17, 15) is 0 Å². The molecule has 0 heterocycles. The number of allylic oxidation sites excluding steroid dienone is 3. The van der Waals surface area contributed by atoms with Crippen LogP contribution in [-0.4, -0.2) is 20.5 Å². The standard InChI is InChI=1S/C12H22O2/c1-4-5-6-7-8-9-10-11-12(13-2)14-3/h4-6,12H,1,7-11H2,2-3H3/b6-5-. The molecular weight excluding hydrogens is 176 g/mol. The molecule has 0 fully saturated rings. The third-order valence-electron chi connectivity index (χ3n) is 2.11. The number of ether oxygens (including phenoxy) is 2. The maximum Gasteiger partial charge on any atom is 0.156 e. The molecule has 0 aromatic rings. The summed E-state index contributed by atoms with van der Waals surface area (Å²) in [6.07, 6.45) is 11.7. The van der Waals surface area contributed by atoms with Crippen molar-refractivity contribution in [2.24, 2.45) is 0 Å². The van der Waals surface area contributed by atoms with Gasteiger partial charge in [-0.3, -0.25) is 0 Å². The third kappa shape index (κ3) is 8.02. The fourth-order valence-electron chi connectivity index (χ4n) is 1.27. The average Bonchev–Trinajstić information content (AvgIpc) is 2.22. The van der Waals surface area contributed by atoms with Crippen molar-refractivity contribution in [2.75, 3.05) is 14.2 Å². The van der Waals surface area contributed by atoms with Gasteiger partial charge in [-0.15, -0.1) is 0 Å². The summed E-state index contributed by atoms with van der Waals surface area (Å²) in [7, 11) is 3.36. The lowest BCUT2D eigenvalue weighted by atomic mass is 10.1. The molecule has 0 saturated carbocycles. The van der Waals surface area contributed by atoms with Crippen molar-refractivity contribution in [3.63, 3.8) is 0 Å². The van der Waals surface area contributed by atoms with Crippen molar-refractivity contribution in [3.8, 4) is 0 Å². The van der Waals surface area contributed by atoms with Crippen molar-refractivity contribution in [1.29, 1.82) is 0 Å². The molecule has 0 aliphatic carbocycles. The van der Waals surface area contributed by atoms with Crippen LogP contribution in [0.5, 0.6) is 0 Å². The second kappa shape index (κ2) is 10.5. The Labute approximate surface area is 87.6 Å². The summed E-state index contributed by atoms with van der Waals surface area (Å²) in [6.45, 7) is 3.62. The zero-order valence-corrected chi connectivity index (χ0v) is 9.37. The van der Waals surface area contributed by atoms with Gasteiger partial charge in [-0.1, -0.05) is 31.2 Å². The number of rotatable bonds is 9. The van der Waals surface area contributed by atoms with Crippen LogP contribution in [-0.2, 0) is 9.47 Å². The predicted octanol–water partition coefficient (Wildman–Crippen LogP) is 3.30. The van der Waals surface area contributed by atoms with Gasteiger partial charge in [-0.05, 0) is 25.7 Å². The maximum absolute atomic E-state index is 5.10. The van der Waals surface area contributed by atoms with E-state index in [1.807, 2.05) is 12.2 Å². The lowest BCUT2D eigenvalue weighted by molar-refractivity contribution is -0.107. The first-order valence-electron chi connectivity index (χ1n) is 5.18. The zero-order valence-electron chi connectivity index (χ0n) is 9.37. The normalized spacial score (nSPS) is 11.4. The molecule has 0 unspecified atom stereocenters. The van der Waals surface area contributed by atoms with E-state index in [-0.39, 0.29) is 6.29 Å². The van der Waals surface area contributed by atoms with Gasteiger partial charge in [-0.2, -0.15) is 0 Å². The molecule has 2 nitrogen and oxygen atoms in total. The van der Waals surface area contributed by atoms with Crippen LogP contribution in [0.4, 0.5) is 0 Å². The van der Waals surface area contributed by atoms with Gasteiger partial charge >= 0.3 is 0 Å². The van der Waals surface area contributed by atoms with Crippen molar-refractivity contribution < 1.29 is 9.47 Å². The van der Waals surface area contributed by atoms with Crippen molar-refractivity contribution >= 4 is 0 Å². The van der Waals surface area contributed by atoms with Crippen LogP contribution in [0.25, 0.3) is 0 Å². The Kier molecular flexibility index (Phi) is 10.0. The van der Waals surface area contributed by atoms with E-state index in [4.69, 9.17) is 9.47 Å². The quantitative estimate of drug-likeness (QED) is 0.321. The van der Waals surface area contributed by atoms with Gasteiger partial charge in [0.05, 0.1) is 0 Å². The van der Waals surface area contributed by atoms with E-state index in [0.29, 0.717) is 0 Å². The van der Waals surface area contributed by atoms with Crippen molar-refractivity contribution in [1.82, 2.24) is 0 Å². The summed E-state index contributed by atoms with van der Waals surface area (Å²) in [5.41, 5.74) is 0. The van der Waals surface area contributed by atoms with E-state index < -0.39 is 0 Å². The van der Waals surface area contributed by atoms with Crippen LogP contribution in [0.15, 0.2) is 24.8 Å². The number of hydrogen-bond acceptors (Lipinski definition) is 2. The second-order valence-corrected chi connectivity index (χ2v) is 3.20. The van der Waals surface area contributed by atoms with Crippen LogP contribution in [0.2, 0.25) is 0 Å². The molecular formula is C12H22O2. The summed E-state index contributed by atoms with van der Waals surface area (Å²) in [5, 5.41) is 0. The van der Waals surface area contributed by atoms with Gasteiger partial charge in [0.1, 0.15) is 0 Å². The highest BCUT2D eigenvalue weighted by atomic mass is 16.7.